The van der Waals surface area contributed by atoms with Gasteiger partial charge in [-0.15, -0.1) is 0 Å². The predicted octanol–water partition coefficient (Wildman–Crippen LogP) is 3.23. The third kappa shape index (κ3) is 1.49. The molecule has 0 bridgehead atoms. The molecule has 1 heterocycles. The van der Waals surface area contributed by atoms with Crippen LogP contribution >= 0.6 is 27.5 Å². The second-order valence-corrected chi connectivity index (χ2v) is 3.95. The van der Waals surface area contributed by atoms with Crippen molar-refractivity contribution in [3.8, 4) is 0 Å². The number of pyridine rings is 1. The molecule has 0 saturated heterocycles. The minimum absolute atomic E-state index is 0.669. The molecule has 0 amide bonds. The Morgan fingerprint density at radius 1 is 1.38 bits per heavy atom. The van der Waals surface area contributed by atoms with Crippen LogP contribution in [0.1, 0.15) is 0 Å². The summed E-state index contributed by atoms with van der Waals surface area (Å²) < 4.78 is 0.842. The highest BCUT2D eigenvalue weighted by Gasteiger charge is 2.03. The van der Waals surface area contributed by atoms with Crippen molar-refractivity contribution < 1.29 is 0 Å². The predicted molar refractivity (Wildman–Crippen MR) is 58.9 cm³/mol. The second kappa shape index (κ2) is 3.16. The van der Waals surface area contributed by atoms with E-state index in [2.05, 4.69) is 20.9 Å². The van der Waals surface area contributed by atoms with Gasteiger partial charge in [0.2, 0.25) is 0 Å². The van der Waals surface area contributed by atoms with E-state index in [1.807, 2.05) is 12.1 Å². The SMILES string of the molecule is Nc1cc2c(Cl)ccnc2cc1Br. The van der Waals surface area contributed by atoms with Crippen LogP contribution < -0.4 is 5.73 Å². The molecule has 0 fully saturated rings. The van der Waals surface area contributed by atoms with Crippen molar-refractivity contribution in [1.82, 2.24) is 4.98 Å². The summed E-state index contributed by atoms with van der Waals surface area (Å²) in [5.41, 5.74) is 7.23. The molecule has 0 radical (unpaired) electrons. The van der Waals surface area contributed by atoms with E-state index in [1.165, 1.54) is 0 Å². The minimum Gasteiger partial charge on any atom is -0.398 e. The van der Waals surface area contributed by atoms with Crippen LogP contribution in [0.2, 0.25) is 5.02 Å². The first kappa shape index (κ1) is 8.78. The van der Waals surface area contributed by atoms with E-state index in [4.69, 9.17) is 17.3 Å². The van der Waals surface area contributed by atoms with Crippen LogP contribution in [0.5, 0.6) is 0 Å². The number of hydrogen-bond acceptors (Lipinski definition) is 2. The van der Waals surface area contributed by atoms with E-state index in [0.29, 0.717) is 10.7 Å². The third-order valence-corrected chi connectivity index (χ3v) is 2.82. The molecule has 1 aromatic carbocycles. The van der Waals surface area contributed by atoms with Crippen LogP contribution in [0.4, 0.5) is 5.69 Å². The summed E-state index contributed by atoms with van der Waals surface area (Å²) >= 11 is 9.30. The number of aromatic nitrogens is 1. The van der Waals surface area contributed by atoms with Gasteiger partial charge in [0.1, 0.15) is 0 Å². The van der Waals surface area contributed by atoms with Gasteiger partial charge in [0.05, 0.1) is 10.5 Å². The fraction of sp³-hybridized carbons (Fsp3) is 0. The summed E-state index contributed by atoms with van der Waals surface area (Å²) in [5.74, 6) is 0. The molecule has 2 nitrogen and oxygen atoms in total. The molecule has 0 spiro atoms. The van der Waals surface area contributed by atoms with E-state index in [9.17, 15) is 0 Å². The Morgan fingerprint density at radius 2 is 2.15 bits per heavy atom. The number of nitrogens with zero attached hydrogens (tertiary/aromatic N) is 1. The summed E-state index contributed by atoms with van der Waals surface area (Å²) in [5, 5.41) is 1.55. The Morgan fingerprint density at radius 3 is 2.92 bits per heavy atom. The van der Waals surface area contributed by atoms with Gasteiger partial charge in [-0.1, -0.05) is 11.6 Å². The number of anilines is 1. The Kier molecular flexibility index (Phi) is 2.14. The highest BCUT2D eigenvalue weighted by atomic mass is 79.9. The summed E-state index contributed by atoms with van der Waals surface area (Å²) in [6.07, 6.45) is 1.67. The zero-order chi connectivity index (χ0) is 9.42. The van der Waals surface area contributed by atoms with Crippen LogP contribution in [-0.2, 0) is 0 Å². The average molecular weight is 258 g/mol. The lowest BCUT2D eigenvalue weighted by molar-refractivity contribution is 1.41. The number of nitrogen functional groups attached to an aromatic ring is 1. The monoisotopic (exact) mass is 256 g/mol. The van der Waals surface area contributed by atoms with E-state index >= 15 is 0 Å². The average Bonchev–Trinajstić information content (AvgIpc) is 2.09. The van der Waals surface area contributed by atoms with E-state index in [-0.39, 0.29) is 0 Å². The maximum atomic E-state index is 5.97. The van der Waals surface area contributed by atoms with Crippen molar-refractivity contribution in [2.75, 3.05) is 5.73 Å². The van der Waals surface area contributed by atoms with Gasteiger partial charge < -0.3 is 5.73 Å². The molecule has 0 unspecified atom stereocenters. The Hall–Kier alpha value is -0.800. The molecule has 0 aliphatic heterocycles. The summed E-state index contributed by atoms with van der Waals surface area (Å²) in [6.45, 7) is 0. The van der Waals surface area contributed by atoms with Crippen molar-refractivity contribution in [3.05, 3.63) is 33.9 Å². The molecule has 13 heavy (non-hydrogen) atoms. The van der Waals surface area contributed by atoms with Gasteiger partial charge in [-0.2, -0.15) is 0 Å². The molecule has 0 aliphatic rings. The number of rotatable bonds is 0. The maximum Gasteiger partial charge on any atom is 0.0729 e. The number of halogens is 2. The molecule has 66 valence electrons. The smallest absolute Gasteiger partial charge is 0.0729 e. The molecule has 4 heteroatoms. The van der Waals surface area contributed by atoms with E-state index < -0.39 is 0 Å². The van der Waals surface area contributed by atoms with Crippen LogP contribution in [0.25, 0.3) is 10.9 Å². The van der Waals surface area contributed by atoms with Crippen molar-refractivity contribution in [2.45, 2.75) is 0 Å². The van der Waals surface area contributed by atoms with Crippen LogP contribution in [0, 0.1) is 0 Å². The highest BCUT2D eigenvalue weighted by Crippen LogP contribution is 2.28. The van der Waals surface area contributed by atoms with Crippen LogP contribution in [0.3, 0.4) is 0 Å². The van der Waals surface area contributed by atoms with Crippen molar-refractivity contribution in [2.24, 2.45) is 0 Å². The minimum atomic E-state index is 0.669. The fourth-order valence-electron chi connectivity index (χ4n) is 1.15. The lowest BCUT2D eigenvalue weighted by Crippen LogP contribution is -1.88. The zero-order valence-corrected chi connectivity index (χ0v) is 8.93. The Labute approximate surface area is 88.8 Å². The third-order valence-electron chi connectivity index (χ3n) is 1.81. The first-order valence-corrected chi connectivity index (χ1v) is 4.85. The van der Waals surface area contributed by atoms with Crippen molar-refractivity contribution >= 4 is 44.1 Å². The lowest BCUT2D eigenvalue weighted by Gasteiger charge is -2.02. The first-order chi connectivity index (χ1) is 6.18. The Bertz CT molecular complexity index is 470. The van der Waals surface area contributed by atoms with Crippen LogP contribution in [-0.4, -0.2) is 4.98 Å². The molecular weight excluding hydrogens is 251 g/mol. The van der Waals surface area contributed by atoms with Crippen molar-refractivity contribution in [1.29, 1.82) is 0 Å². The van der Waals surface area contributed by atoms with Gasteiger partial charge in [0, 0.05) is 21.7 Å². The topological polar surface area (TPSA) is 38.9 Å². The van der Waals surface area contributed by atoms with E-state index in [0.717, 1.165) is 15.4 Å². The summed E-state index contributed by atoms with van der Waals surface area (Å²) in [7, 11) is 0. The van der Waals surface area contributed by atoms with Gasteiger partial charge in [-0.05, 0) is 34.1 Å². The summed E-state index contributed by atoms with van der Waals surface area (Å²) in [6, 6.07) is 5.42. The van der Waals surface area contributed by atoms with Gasteiger partial charge in [-0.25, -0.2) is 0 Å². The maximum absolute atomic E-state index is 5.97. The molecule has 0 aliphatic carbocycles. The largest absolute Gasteiger partial charge is 0.398 e. The molecule has 0 saturated carbocycles. The lowest BCUT2D eigenvalue weighted by atomic mass is 10.2. The van der Waals surface area contributed by atoms with E-state index in [1.54, 1.807) is 12.3 Å². The normalized spacial score (nSPS) is 10.6. The Balaban J connectivity index is 2.89. The zero-order valence-electron chi connectivity index (χ0n) is 6.59. The molecular formula is C9H6BrClN2. The molecule has 1 aromatic heterocycles. The number of nitrogens with two attached hydrogens (primary N) is 1. The molecule has 0 atom stereocenters. The standard InChI is InChI=1S/C9H6BrClN2/c10-6-4-9-5(3-8(6)12)7(11)1-2-13-9/h1-4H,12H2. The van der Waals surface area contributed by atoms with Gasteiger partial charge in [0.25, 0.3) is 0 Å². The van der Waals surface area contributed by atoms with Crippen LogP contribution in [0.15, 0.2) is 28.9 Å². The number of hydrogen-bond donors (Lipinski definition) is 1. The summed E-state index contributed by atoms with van der Waals surface area (Å²) in [4.78, 5) is 4.17. The highest BCUT2D eigenvalue weighted by molar-refractivity contribution is 9.10. The molecule has 2 rings (SSSR count). The van der Waals surface area contributed by atoms with Gasteiger partial charge >= 0.3 is 0 Å². The number of fused-ring (bicyclic) bond motifs is 1. The fourth-order valence-corrected chi connectivity index (χ4v) is 1.69. The number of benzene rings is 1. The second-order valence-electron chi connectivity index (χ2n) is 2.68. The van der Waals surface area contributed by atoms with Gasteiger partial charge in [0.15, 0.2) is 0 Å². The molecule has 2 N–H and O–H groups in total. The van der Waals surface area contributed by atoms with Gasteiger partial charge in [-0.3, -0.25) is 4.98 Å². The molecule has 2 aromatic rings. The first-order valence-electron chi connectivity index (χ1n) is 3.68. The van der Waals surface area contributed by atoms with Crippen molar-refractivity contribution in [3.63, 3.8) is 0 Å². The quantitative estimate of drug-likeness (QED) is 0.736.